The molecule has 2 saturated carbocycles. The summed E-state index contributed by atoms with van der Waals surface area (Å²) in [6.45, 7) is 5.35. The Kier molecular flexibility index (Phi) is 10.3. The molecule has 3 fully saturated rings. The number of ether oxygens (including phenoxy) is 2. The van der Waals surface area contributed by atoms with Gasteiger partial charge in [0.2, 0.25) is 27.7 Å². The van der Waals surface area contributed by atoms with Crippen LogP contribution in [-0.2, 0) is 24.4 Å². The molecule has 0 unspecified atom stereocenters. The number of pyridine rings is 1. The number of methoxy groups -OCH3 is 1. The van der Waals surface area contributed by atoms with Crippen molar-refractivity contribution in [1.29, 1.82) is 0 Å². The van der Waals surface area contributed by atoms with E-state index in [-0.39, 0.29) is 31.2 Å². The Bertz CT molecular complexity index is 1930. The van der Waals surface area contributed by atoms with E-state index in [1.807, 2.05) is 63.2 Å². The van der Waals surface area contributed by atoms with Gasteiger partial charge >= 0.3 is 6.09 Å². The Hall–Kier alpha value is -4.60. The van der Waals surface area contributed by atoms with Gasteiger partial charge in [-0.05, 0) is 86.9 Å². The zero-order chi connectivity index (χ0) is 38.5. The molecule has 0 radical (unpaired) electrons. The SMILES string of the molecule is COc1ccc2c(O[C@@H]3C[C@H]4C(=O)N[C@]5(C(=O)NS(=O)(=O)C6(C)CC6)C[C@H]5C=CCC[C@H](C)C[C@@H](C)[C@H](NC(=O)O)C(=O)N4C3)nc(N(C)C)cc2c1. The first-order valence-corrected chi connectivity index (χ1v) is 19.6. The molecule has 2 aliphatic carbocycles. The predicted molar refractivity (Wildman–Crippen MR) is 197 cm³/mol. The van der Waals surface area contributed by atoms with Crippen LogP contribution in [-0.4, -0.2) is 103 Å². The second-order valence-electron chi connectivity index (χ2n) is 15.7. The van der Waals surface area contributed by atoms with E-state index < -0.39 is 74.1 Å². The van der Waals surface area contributed by atoms with Gasteiger partial charge in [-0.2, -0.15) is 4.98 Å². The molecule has 0 bridgehead atoms. The summed E-state index contributed by atoms with van der Waals surface area (Å²) in [6.07, 6.45) is 4.62. The fraction of sp³-hybridized carbons (Fsp3) is 0.595. The number of carbonyl (C=O) groups excluding carboxylic acids is 3. The molecule has 15 nitrogen and oxygen atoms in total. The highest BCUT2D eigenvalue weighted by molar-refractivity contribution is 7.91. The minimum Gasteiger partial charge on any atom is -0.497 e. The topological polar surface area (TPSA) is 197 Å². The van der Waals surface area contributed by atoms with Crippen molar-refractivity contribution in [2.24, 2.45) is 17.8 Å². The number of anilines is 1. The summed E-state index contributed by atoms with van der Waals surface area (Å²) in [5.41, 5.74) is -1.55. The molecule has 1 aromatic carbocycles. The van der Waals surface area contributed by atoms with Crippen molar-refractivity contribution < 1.29 is 42.2 Å². The summed E-state index contributed by atoms with van der Waals surface area (Å²) in [7, 11) is 1.25. The van der Waals surface area contributed by atoms with Gasteiger partial charge in [-0.1, -0.05) is 26.0 Å². The van der Waals surface area contributed by atoms with Crippen LogP contribution < -0.4 is 29.7 Å². The van der Waals surface area contributed by atoms with Crippen LogP contribution in [0.5, 0.6) is 11.6 Å². The quantitative estimate of drug-likeness (QED) is 0.289. The van der Waals surface area contributed by atoms with Crippen molar-refractivity contribution >= 4 is 50.4 Å². The van der Waals surface area contributed by atoms with Gasteiger partial charge in [0.15, 0.2) is 0 Å². The third-order valence-corrected chi connectivity index (χ3v) is 13.4. The van der Waals surface area contributed by atoms with E-state index in [1.54, 1.807) is 20.1 Å². The monoisotopic (exact) mass is 754 g/mol. The van der Waals surface area contributed by atoms with Gasteiger partial charge in [0, 0.05) is 31.8 Å². The predicted octanol–water partition coefficient (Wildman–Crippen LogP) is 3.18. The fourth-order valence-corrected chi connectivity index (χ4v) is 8.84. The Morgan fingerprint density at radius 1 is 1.13 bits per heavy atom. The average Bonchev–Trinajstić information content (AvgIpc) is 3.98. The summed E-state index contributed by atoms with van der Waals surface area (Å²) < 4.78 is 39.4. The Labute approximate surface area is 309 Å². The molecule has 2 aliphatic heterocycles. The standard InChI is InChI=1S/C37H50N6O9S/c1-21-9-7-8-10-24-19-37(24,34(46)41-53(49,50)36(3)13-14-36)40-31(44)28-18-26(20-43(28)33(45)30(22(2)15-21)39-35(47)48)52-32-27-12-11-25(51-6)16-23(27)17-29(38-32)42(4)5/h8,10-12,16-17,21-22,24,26,28,30,39H,7,9,13-15,18-20H2,1-6H3,(H,40,44)(H,41,46)(H,47,48)/t21-,22+,24+,26+,28-,30-,37+/m0/s1. The number of benzene rings is 1. The Morgan fingerprint density at radius 3 is 2.53 bits per heavy atom. The molecule has 53 heavy (non-hydrogen) atoms. The number of nitrogens with one attached hydrogen (secondary N) is 3. The molecular formula is C37H50N6O9S. The second kappa shape index (κ2) is 14.3. The number of carboxylic acid groups (broad SMARTS) is 1. The van der Waals surface area contributed by atoms with Crippen LogP contribution in [0.3, 0.4) is 0 Å². The fourth-order valence-electron chi connectivity index (χ4n) is 7.52. The molecule has 16 heteroatoms. The highest BCUT2D eigenvalue weighted by Crippen LogP contribution is 2.47. The number of nitrogens with zero attached hydrogens (tertiary/aromatic N) is 3. The van der Waals surface area contributed by atoms with Crippen molar-refractivity contribution in [2.45, 2.75) is 94.2 Å². The largest absolute Gasteiger partial charge is 0.497 e. The van der Waals surface area contributed by atoms with Gasteiger partial charge in [0.25, 0.3) is 5.91 Å². The third kappa shape index (κ3) is 7.73. The lowest BCUT2D eigenvalue weighted by molar-refractivity contribution is -0.142. The van der Waals surface area contributed by atoms with E-state index in [1.165, 1.54) is 4.90 Å². The molecule has 288 valence electrons. The first kappa shape index (κ1) is 38.1. The van der Waals surface area contributed by atoms with E-state index in [0.717, 1.165) is 11.8 Å². The smallest absolute Gasteiger partial charge is 0.405 e. The number of carbonyl (C=O) groups is 4. The number of fused-ring (bicyclic) bond motifs is 3. The summed E-state index contributed by atoms with van der Waals surface area (Å²) in [5, 5.41) is 16.5. The van der Waals surface area contributed by atoms with Gasteiger partial charge in [-0.3, -0.25) is 19.1 Å². The van der Waals surface area contributed by atoms with Crippen LogP contribution in [0.15, 0.2) is 36.4 Å². The van der Waals surface area contributed by atoms with Gasteiger partial charge in [-0.15, -0.1) is 0 Å². The van der Waals surface area contributed by atoms with E-state index in [2.05, 4.69) is 15.4 Å². The maximum Gasteiger partial charge on any atom is 0.405 e. The molecular weight excluding hydrogens is 705 g/mol. The lowest BCUT2D eigenvalue weighted by Gasteiger charge is -2.32. The van der Waals surface area contributed by atoms with E-state index in [4.69, 9.17) is 14.5 Å². The first-order chi connectivity index (χ1) is 25.0. The first-order valence-electron chi connectivity index (χ1n) is 18.1. The van der Waals surface area contributed by atoms with Gasteiger partial charge in [-0.25, -0.2) is 13.2 Å². The molecule has 1 saturated heterocycles. The van der Waals surface area contributed by atoms with Crippen molar-refractivity contribution in [3.05, 3.63) is 36.4 Å². The van der Waals surface area contributed by atoms with E-state index >= 15 is 0 Å². The molecule has 2 aromatic rings. The molecule has 1 aromatic heterocycles. The summed E-state index contributed by atoms with van der Waals surface area (Å²) in [6, 6.07) is 5.00. The van der Waals surface area contributed by atoms with Crippen LogP contribution in [0.1, 0.15) is 65.7 Å². The minimum absolute atomic E-state index is 0.00223. The van der Waals surface area contributed by atoms with E-state index in [0.29, 0.717) is 42.6 Å². The summed E-state index contributed by atoms with van der Waals surface area (Å²) in [4.78, 5) is 62.6. The number of amides is 4. The third-order valence-electron chi connectivity index (χ3n) is 11.3. The van der Waals surface area contributed by atoms with Crippen molar-refractivity contribution in [2.75, 3.05) is 32.6 Å². The Morgan fingerprint density at radius 2 is 1.87 bits per heavy atom. The van der Waals surface area contributed by atoms with Crippen LogP contribution in [0.2, 0.25) is 0 Å². The number of aromatic nitrogens is 1. The maximum absolute atomic E-state index is 14.5. The molecule has 3 heterocycles. The van der Waals surface area contributed by atoms with Gasteiger partial charge < -0.3 is 35.0 Å². The second-order valence-corrected chi connectivity index (χ2v) is 17.9. The molecule has 6 rings (SSSR count). The van der Waals surface area contributed by atoms with Gasteiger partial charge in [0.05, 0.1) is 18.4 Å². The summed E-state index contributed by atoms with van der Waals surface area (Å²) >= 11 is 0. The number of rotatable bonds is 8. The van der Waals surface area contributed by atoms with Gasteiger partial charge in [0.1, 0.15) is 35.3 Å². The number of sulfonamides is 1. The molecule has 4 amide bonds. The molecule has 7 atom stereocenters. The van der Waals surface area contributed by atoms with Crippen molar-refractivity contribution in [1.82, 2.24) is 25.2 Å². The zero-order valence-electron chi connectivity index (χ0n) is 31.0. The highest BCUT2D eigenvalue weighted by atomic mass is 32.2. The molecule has 4 N–H and O–H groups in total. The zero-order valence-corrected chi connectivity index (χ0v) is 31.9. The molecule has 0 spiro atoms. The maximum atomic E-state index is 14.5. The van der Waals surface area contributed by atoms with Crippen LogP contribution >= 0.6 is 0 Å². The van der Waals surface area contributed by atoms with E-state index in [9.17, 15) is 32.7 Å². The number of hydrogen-bond acceptors (Lipinski definition) is 10. The molecule has 4 aliphatic rings. The lowest BCUT2D eigenvalue weighted by atomic mass is 9.88. The normalized spacial score (nSPS) is 29.8. The van der Waals surface area contributed by atoms with Crippen LogP contribution in [0.4, 0.5) is 10.6 Å². The lowest BCUT2D eigenvalue weighted by Crippen LogP contribution is -2.59. The highest BCUT2D eigenvalue weighted by Gasteiger charge is 2.63. The number of hydrogen-bond donors (Lipinski definition) is 4. The average molecular weight is 755 g/mol. The van der Waals surface area contributed by atoms with Crippen molar-refractivity contribution in [3.63, 3.8) is 0 Å². The number of allylic oxidation sites excluding steroid dienone is 1. The Balaban J connectivity index is 1.36. The van der Waals surface area contributed by atoms with Crippen LogP contribution in [0.25, 0.3) is 10.8 Å². The minimum atomic E-state index is -4.01. The van der Waals surface area contributed by atoms with Crippen LogP contribution in [0, 0.1) is 17.8 Å². The van der Waals surface area contributed by atoms with Crippen molar-refractivity contribution in [3.8, 4) is 11.6 Å². The summed E-state index contributed by atoms with van der Waals surface area (Å²) in [5.74, 6) is -1.32.